The third-order valence-electron chi connectivity index (χ3n) is 3.48. The van der Waals surface area contributed by atoms with Crippen LogP contribution in [0.2, 0.25) is 0 Å². The van der Waals surface area contributed by atoms with E-state index in [2.05, 4.69) is 0 Å². The molecule has 1 unspecified atom stereocenters. The van der Waals surface area contributed by atoms with Crippen LogP contribution in [-0.4, -0.2) is 23.3 Å². The van der Waals surface area contributed by atoms with Crippen molar-refractivity contribution >= 4 is 5.97 Å². The fourth-order valence-electron chi connectivity index (χ4n) is 2.01. The number of phenols is 1. The maximum Gasteiger partial charge on any atom is 0.311 e. The fraction of sp³-hybridized carbons (Fsp3) is 0.500. The first-order valence-electron chi connectivity index (χ1n) is 5.93. The molecule has 0 aliphatic heterocycles. The largest absolute Gasteiger partial charge is 0.504 e. The molecule has 0 saturated carbocycles. The summed E-state index contributed by atoms with van der Waals surface area (Å²) in [5, 5.41) is 19.0. The van der Waals surface area contributed by atoms with E-state index in [1.165, 1.54) is 13.2 Å². The molecular weight excluding hydrogens is 232 g/mol. The number of aromatic hydroxyl groups is 1. The molecule has 0 aromatic heterocycles. The quantitative estimate of drug-likeness (QED) is 0.845. The van der Waals surface area contributed by atoms with Crippen LogP contribution in [0.1, 0.15) is 38.7 Å². The number of phenolic OH excluding ortho intramolecular Hbond substituents is 1. The van der Waals surface area contributed by atoms with Gasteiger partial charge in [-0.05, 0) is 29.5 Å². The Morgan fingerprint density at radius 1 is 1.44 bits per heavy atom. The lowest BCUT2D eigenvalue weighted by molar-refractivity contribution is -0.141. The van der Waals surface area contributed by atoms with Crippen LogP contribution >= 0.6 is 0 Å². The van der Waals surface area contributed by atoms with Crippen LogP contribution < -0.4 is 4.74 Å². The number of aliphatic carboxylic acids is 1. The Labute approximate surface area is 107 Å². The number of ether oxygens (including phenoxy) is 1. The summed E-state index contributed by atoms with van der Waals surface area (Å²) in [6.45, 7) is 5.81. The van der Waals surface area contributed by atoms with Crippen molar-refractivity contribution in [3.05, 3.63) is 23.8 Å². The number of carboxylic acids is 1. The Morgan fingerprint density at radius 3 is 2.50 bits per heavy atom. The molecule has 1 aromatic rings. The lowest BCUT2D eigenvalue weighted by Gasteiger charge is -2.30. The van der Waals surface area contributed by atoms with Gasteiger partial charge in [-0.2, -0.15) is 0 Å². The monoisotopic (exact) mass is 252 g/mol. The van der Waals surface area contributed by atoms with E-state index >= 15 is 0 Å². The predicted octanol–water partition coefficient (Wildman–Crippen LogP) is 3.01. The second-order valence-corrected chi connectivity index (χ2v) is 5.04. The molecule has 100 valence electrons. The van der Waals surface area contributed by atoms with Crippen LogP contribution in [0.25, 0.3) is 0 Å². The molecule has 0 aliphatic carbocycles. The van der Waals surface area contributed by atoms with Crippen LogP contribution in [-0.2, 0) is 4.79 Å². The highest BCUT2D eigenvalue weighted by Crippen LogP contribution is 2.40. The summed E-state index contributed by atoms with van der Waals surface area (Å²) in [6, 6.07) is 4.69. The van der Waals surface area contributed by atoms with Crippen molar-refractivity contribution in [3.8, 4) is 11.5 Å². The Kier molecular flexibility index (Phi) is 4.22. The minimum atomic E-state index is -0.866. The van der Waals surface area contributed by atoms with E-state index in [1.54, 1.807) is 12.1 Å². The summed E-state index contributed by atoms with van der Waals surface area (Å²) < 4.78 is 5.02. The Hall–Kier alpha value is -1.71. The molecule has 4 heteroatoms. The van der Waals surface area contributed by atoms with E-state index in [-0.39, 0.29) is 11.2 Å². The van der Waals surface area contributed by atoms with Gasteiger partial charge in [0.25, 0.3) is 0 Å². The SMILES string of the molecule is CCC(C)(C)C(C(=O)O)c1ccc(O)c(OC)c1. The molecule has 0 amide bonds. The average molecular weight is 252 g/mol. The van der Waals surface area contributed by atoms with E-state index in [4.69, 9.17) is 4.74 Å². The van der Waals surface area contributed by atoms with Crippen LogP contribution in [0.5, 0.6) is 11.5 Å². The molecule has 18 heavy (non-hydrogen) atoms. The van der Waals surface area contributed by atoms with Crippen LogP contribution in [0.4, 0.5) is 0 Å². The zero-order valence-corrected chi connectivity index (χ0v) is 11.2. The highest BCUT2D eigenvalue weighted by atomic mass is 16.5. The summed E-state index contributed by atoms with van der Waals surface area (Å²) in [5.41, 5.74) is 0.275. The first-order chi connectivity index (χ1) is 8.33. The summed E-state index contributed by atoms with van der Waals surface area (Å²) in [6.07, 6.45) is 0.743. The van der Waals surface area contributed by atoms with Crippen LogP contribution in [0.15, 0.2) is 18.2 Å². The second kappa shape index (κ2) is 5.29. The van der Waals surface area contributed by atoms with Gasteiger partial charge < -0.3 is 14.9 Å². The lowest BCUT2D eigenvalue weighted by Crippen LogP contribution is -2.28. The molecular formula is C14H20O4. The number of hydrogen-bond donors (Lipinski definition) is 2. The van der Waals surface area contributed by atoms with E-state index in [1.807, 2.05) is 20.8 Å². The van der Waals surface area contributed by atoms with Crippen LogP contribution in [0, 0.1) is 5.41 Å². The lowest BCUT2D eigenvalue weighted by atomic mass is 9.73. The molecule has 1 rings (SSSR count). The van der Waals surface area contributed by atoms with Crippen molar-refractivity contribution in [2.45, 2.75) is 33.1 Å². The smallest absolute Gasteiger partial charge is 0.311 e. The van der Waals surface area contributed by atoms with Gasteiger partial charge in [-0.25, -0.2) is 0 Å². The molecule has 2 N–H and O–H groups in total. The van der Waals surface area contributed by atoms with Crippen molar-refractivity contribution in [2.24, 2.45) is 5.41 Å². The van der Waals surface area contributed by atoms with Crippen molar-refractivity contribution in [1.29, 1.82) is 0 Å². The molecule has 4 nitrogen and oxygen atoms in total. The first kappa shape index (κ1) is 14.4. The Morgan fingerprint density at radius 2 is 2.06 bits per heavy atom. The minimum absolute atomic E-state index is 0.0136. The fourth-order valence-corrected chi connectivity index (χ4v) is 2.01. The van der Waals surface area contributed by atoms with Gasteiger partial charge in [-0.15, -0.1) is 0 Å². The maximum atomic E-state index is 11.5. The van der Waals surface area contributed by atoms with Crippen molar-refractivity contribution < 1.29 is 19.7 Å². The second-order valence-electron chi connectivity index (χ2n) is 5.04. The van der Waals surface area contributed by atoms with Gasteiger partial charge in [0.2, 0.25) is 0 Å². The predicted molar refractivity (Wildman–Crippen MR) is 69.1 cm³/mol. The van der Waals surface area contributed by atoms with E-state index in [0.717, 1.165) is 6.42 Å². The van der Waals surface area contributed by atoms with Gasteiger partial charge in [-0.3, -0.25) is 4.79 Å². The Bertz CT molecular complexity index is 437. The number of hydrogen-bond acceptors (Lipinski definition) is 3. The number of benzene rings is 1. The summed E-state index contributed by atoms with van der Waals surface area (Å²) in [7, 11) is 1.44. The van der Waals surface area contributed by atoms with Crippen molar-refractivity contribution in [2.75, 3.05) is 7.11 Å². The zero-order valence-electron chi connectivity index (χ0n) is 11.2. The third kappa shape index (κ3) is 2.75. The van der Waals surface area contributed by atoms with E-state index < -0.39 is 11.9 Å². The van der Waals surface area contributed by atoms with Gasteiger partial charge in [0.1, 0.15) is 0 Å². The molecule has 1 atom stereocenters. The molecule has 1 aromatic carbocycles. The first-order valence-corrected chi connectivity index (χ1v) is 5.93. The standard InChI is InChI=1S/C14H20O4/c1-5-14(2,3)12(13(16)17)9-6-7-10(15)11(8-9)18-4/h6-8,12,15H,5H2,1-4H3,(H,16,17). The third-order valence-corrected chi connectivity index (χ3v) is 3.48. The van der Waals surface area contributed by atoms with E-state index in [0.29, 0.717) is 11.3 Å². The molecule has 0 radical (unpaired) electrons. The summed E-state index contributed by atoms with van der Waals surface area (Å²) >= 11 is 0. The normalized spacial score (nSPS) is 13.1. The topological polar surface area (TPSA) is 66.8 Å². The van der Waals surface area contributed by atoms with Gasteiger partial charge in [0, 0.05) is 0 Å². The summed E-state index contributed by atoms with van der Waals surface area (Å²) in [5.74, 6) is -1.18. The van der Waals surface area contributed by atoms with Crippen LogP contribution in [0.3, 0.4) is 0 Å². The molecule has 0 spiro atoms. The van der Waals surface area contributed by atoms with Crippen molar-refractivity contribution in [3.63, 3.8) is 0 Å². The number of rotatable bonds is 5. The average Bonchev–Trinajstić information content (AvgIpc) is 2.30. The van der Waals surface area contributed by atoms with Crippen molar-refractivity contribution in [1.82, 2.24) is 0 Å². The minimum Gasteiger partial charge on any atom is -0.504 e. The number of carboxylic acid groups (broad SMARTS) is 1. The highest BCUT2D eigenvalue weighted by molar-refractivity contribution is 5.77. The summed E-state index contributed by atoms with van der Waals surface area (Å²) in [4.78, 5) is 11.5. The number of carbonyl (C=O) groups is 1. The molecule has 0 heterocycles. The van der Waals surface area contributed by atoms with Gasteiger partial charge in [0.15, 0.2) is 11.5 Å². The van der Waals surface area contributed by atoms with Gasteiger partial charge in [0.05, 0.1) is 13.0 Å². The Balaban J connectivity index is 3.27. The molecule has 0 bridgehead atoms. The molecule has 0 aliphatic rings. The van der Waals surface area contributed by atoms with Gasteiger partial charge in [-0.1, -0.05) is 26.8 Å². The number of methoxy groups -OCH3 is 1. The zero-order chi connectivity index (χ0) is 13.9. The van der Waals surface area contributed by atoms with E-state index in [9.17, 15) is 15.0 Å². The molecule has 0 fully saturated rings. The maximum absolute atomic E-state index is 11.5. The van der Waals surface area contributed by atoms with Gasteiger partial charge >= 0.3 is 5.97 Å². The molecule has 0 saturated heterocycles. The highest BCUT2D eigenvalue weighted by Gasteiger charge is 2.35.